The van der Waals surface area contributed by atoms with Crippen molar-refractivity contribution in [3.63, 3.8) is 0 Å². The Morgan fingerprint density at radius 2 is 2.06 bits per heavy atom. The summed E-state index contributed by atoms with van der Waals surface area (Å²) >= 11 is 0. The molecule has 0 saturated carbocycles. The van der Waals surface area contributed by atoms with Crippen LogP contribution in [0.1, 0.15) is 17.9 Å². The van der Waals surface area contributed by atoms with E-state index in [1.165, 1.54) is 5.56 Å². The Bertz CT molecular complexity index is 422. The van der Waals surface area contributed by atoms with Crippen molar-refractivity contribution in [1.29, 1.82) is 0 Å². The Labute approximate surface area is 107 Å². The maximum Gasteiger partial charge on any atom is 0.161 e. The smallest absolute Gasteiger partial charge is 0.161 e. The summed E-state index contributed by atoms with van der Waals surface area (Å²) in [7, 11) is 0. The molecular weight excluding hydrogens is 228 g/mol. The Hall–Kier alpha value is -1.26. The molecule has 2 aliphatic rings. The van der Waals surface area contributed by atoms with Gasteiger partial charge in [-0.3, -0.25) is 0 Å². The van der Waals surface area contributed by atoms with Crippen molar-refractivity contribution in [2.75, 3.05) is 32.8 Å². The van der Waals surface area contributed by atoms with Crippen LogP contribution in [0.3, 0.4) is 0 Å². The molecule has 1 saturated heterocycles. The van der Waals surface area contributed by atoms with Crippen molar-refractivity contribution < 1.29 is 9.47 Å². The molecule has 0 aliphatic carbocycles. The quantitative estimate of drug-likeness (QED) is 0.823. The van der Waals surface area contributed by atoms with Crippen molar-refractivity contribution in [2.45, 2.75) is 12.3 Å². The summed E-state index contributed by atoms with van der Waals surface area (Å²) in [6.07, 6.45) is 1.15. The van der Waals surface area contributed by atoms with E-state index < -0.39 is 0 Å². The molecule has 0 radical (unpaired) electrons. The van der Waals surface area contributed by atoms with Gasteiger partial charge in [-0.25, -0.2) is 0 Å². The summed E-state index contributed by atoms with van der Waals surface area (Å²) in [5.41, 5.74) is 7.19. The van der Waals surface area contributed by atoms with Crippen molar-refractivity contribution in [3.05, 3.63) is 23.8 Å². The Balaban J connectivity index is 1.86. The molecule has 2 atom stereocenters. The van der Waals surface area contributed by atoms with Gasteiger partial charge in [0.15, 0.2) is 11.5 Å². The van der Waals surface area contributed by atoms with Gasteiger partial charge in [0.2, 0.25) is 0 Å². The van der Waals surface area contributed by atoms with Gasteiger partial charge >= 0.3 is 0 Å². The fraction of sp³-hybridized carbons (Fsp3) is 0.571. The molecule has 98 valence electrons. The lowest BCUT2D eigenvalue weighted by Crippen LogP contribution is -2.38. The second kappa shape index (κ2) is 5.16. The summed E-state index contributed by atoms with van der Waals surface area (Å²) in [5, 5.41) is 3.45. The van der Waals surface area contributed by atoms with Crippen LogP contribution in [-0.4, -0.2) is 32.8 Å². The number of nitrogens with two attached hydrogens (primary N) is 1. The summed E-state index contributed by atoms with van der Waals surface area (Å²) < 4.78 is 11.2. The number of fused-ring (bicyclic) bond motifs is 1. The summed E-state index contributed by atoms with van der Waals surface area (Å²) in [5.74, 6) is 2.78. The highest BCUT2D eigenvalue weighted by atomic mass is 16.6. The topological polar surface area (TPSA) is 56.5 Å². The highest BCUT2D eigenvalue weighted by Gasteiger charge is 2.26. The van der Waals surface area contributed by atoms with Crippen LogP contribution in [0, 0.1) is 5.92 Å². The van der Waals surface area contributed by atoms with Gasteiger partial charge in [-0.2, -0.15) is 0 Å². The largest absolute Gasteiger partial charge is 0.486 e. The van der Waals surface area contributed by atoms with E-state index in [9.17, 15) is 0 Å². The number of ether oxygens (including phenoxy) is 2. The van der Waals surface area contributed by atoms with Crippen LogP contribution in [0.25, 0.3) is 0 Å². The molecule has 4 nitrogen and oxygen atoms in total. The zero-order chi connectivity index (χ0) is 12.4. The summed E-state index contributed by atoms with van der Waals surface area (Å²) in [4.78, 5) is 0. The van der Waals surface area contributed by atoms with E-state index in [1.807, 2.05) is 6.07 Å². The molecule has 0 bridgehead atoms. The van der Waals surface area contributed by atoms with E-state index in [0.717, 1.165) is 37.6 Å². The Morgan fingerprint density at radius 3 is 2.89 bits per heavy atom. The first-order valence-electron chi connectivity index (χ1n) is 6.69. The Kier molecular flexibility index (Phi) is 3.39. The van der Waals surface area contributed by atoms with Gasteiger partial charge in [-0.1, -0.05) is 6.07 Å². The molecule has 1 aromatic rings. The van der Waals surface area contributed by atoms with Gasteiger partial charge in [0.25, 0.3) is 0 Å². The zero-order valence-corrected chi connectivity index (χ0v) is 10.5. The molecule has 3 rings (SSSR count). The molecule has 0 amide bonds. The van der Waals surface area contributed by atoms with E-state index >= 15 is 0 Å². The van der Waals surface area contributed by atoms with Gasteiger partial charge in [-0.05, 0) is 43.1 Å². The monoisotopic (exact) mass is 248 g/mol. The van der Waals surface area contributed by atoms with Crippen LogP contribution in [0.5, 0.6) is 11.5 Å². The molecule has 2 unspecified atom stereocenters. The van der Waals surface area contributed by atoms with Gasteiger partial charge in [0, 0.05) is 12.5 Å². The van der Waals surface area contributed by atoms with Gasteiger partial charge < -0.3 is 20.5 Å². The van der Waals surface area contributed by atoms with Gasteiger partial charge in [0.1, 0.15) is 13.2 Å². The molecule has 1 aromatic carbocycles. The lowest BCUT2D eigenvalue weighted by Gasteiger charge is -2.32. The minimum atomic E-state index is 0.486. The molecule has 1 fully saturated rings. The average Bonchev–Trinajstić information content (AvgIpc) is 2.46. The van der Waals surface area contributed by atoms with Crippen LogP contribution in [-0.2, 0) is 0 Å². The fourth-order valence-corrected chi connectivity index (χ4v) is 2.88. The van der Waals surface area contributed by atoms with E-state index in [2.05, 4.69) is 17.4 Å². The third-order valence-electron chi connectivity index (χ3n) is 3.92. The van der Waals surface area contributed by atoms with Crippen LogP contribution in [0.15, 0.2) is 18.2 Å². The van der Waals surface area contributed by atoms with E-state index in [-0.39, 0.29) is 0 Å². The SMILES string of the molecule is NCC1CCNCC1c1ccc2c(c1)OCCO2. The number of hydrogen-bond donors (Lipinski definition) is 2. The summed E-state index contributed by atoms with van der Waals surface area (Å²) in [6.45, 7) is 4.10. The maximum absolute atomic E-state index is 5.89. The van der Waals surface area contributed by atoms with Gasteiger partial charge in [0.05, 0.1) is 0 Å². The third-order valence-corrected chi connectivity index (χ3v) is 3.92. The zero-order valence-electron chi connectivity index (χ0n) is 10.5. The molecule has 18 heavy (non-hydrogen) atoms. The number of benzene rings is 1. The lowest BCUT2D eigenvalue weighted by atomic mass is 9.81. The van der Waals surface area contributed by atoms with Crippen molar-refractivity contribution in [2.24, 2.45) is 11.7 Å². The predicted octanol–water partition coefficient (Wildman–Crippen LogP) is 1.11. The number of piperidine rings is 1. The molecule has 3 N–H and O–H groups in total. The molecule has 0 spiro atoms. The van der Waals surface area contributed by atoms with Crippen LogP contribution >= 0.6 is 0 Å². The standard InChI is InChI=1S/C14H20N2O2/c15-8-11-3-4-16-9-12(11)10-1-2-13-14(7-10)18-6-5-17-13/h1-2,7,11-12,16H,3-6,8-9,15H2. The summed E-state index contributed by atoms with van der Waals surface area (Å²) in [6, 6.07) is 6.29. The highest BCUT2D eigenvalue weighted by Crippen LogP contribution is 2.36. The van der Waals surface area contributed by atoms with Crippen molar-refractivity contribution >= 4 is 0 Å². The highest BCUT2D eigenvalue weighted by molar-refractivity contribution is 5.45. The van der Waals surface area contributed by atoms with Crippen LogP contribution in [0.2, 0.25) is 0 Å². The van der Waals surface area contributed by atoms with E-state index in [1.54, 1.807) is 0 Å². The van der Waals surface area contributed by atoms with E-state index in [0.29, 0.717) is 25.0 Å². The third kappa shape index (κ3) is 2.18. The number of hydrogen-bond acceptors (Lipinski definition) is 4. The van der Waals surface area contributed by atoms with E-state index in [4.69, 9.17) is 15.2 Å². The molecular formula is C14H20N2O2. The molecule has 2 heterocycles. The fourth-order valence-electron chi connectivity index (χ4n) is 2.88. The minimum Gasteiger partial charge on any atom is -0.486 e. The molecule has 4 heteroatoms. The first-order chi connectivity index (χ1) is 8.88. The minimum absolute atomic E-state index is 0.486. The number of rotatable bonds is 2. The lowest BCUT2D eigenvalue weighted by molar-refractivity contribution is 0.171. The second-order valence-electron chi connectivity index (χ2n) is 5.00. The predicted molar refractivity (Wildman–Crippen MR) is 70.2 cm³/mol. The van der Waals surface area contributed by atoms with Crippen molar-refractivity contribution in [3.8, 4) is 11.5 Å². The Morgan fingerprint density at radius 1 is 1.22 bits per heavy atom. The normalized spacial score (nSPS) is 26.9. The maximum atomic E-state index is 5.89. The second-order valence-corrected chi connectivity index (χ2v) is 5.00. The first-order valence-corrected chi connectivity index (χ1v) is 6.69. The van der Waals surface area contributed by atoms with Gasteiger partial charge in [-0.15, -0.1) is 0 Å². The molecule has 0 aromatic heterocycles. The number of nitrogens with one attached hydrogen (secondary N) is 1. The van der Waals surface area contributed by atoms with Crippen LogP contribution < -0.4 is 20.5 Å². The average molecular weight is 248 g/mol. The molecule has 2 aliphatic heterocycles. The van der Waals surface area contributed by atoms with Crippen molar-refractivity contribution in [1.82, 2.24) is 5.32 Å². The first kappa shape index (κ1) is 11.8. The van der Waals surface area contributed by atoms with Crippen LogP contribution in [0.4, 0.5) is 0 Å².